The summed E-state index contributed by atoms with van der Waals surface area (Å²) >= 11 is 2.15. The molecule has 0 aromatic heterocycles. The number of carboxylic acid groups (broad SMARTS) is 1. The quantitative estimate of drug-likeness (QED) is 0.356. The summed E-state index contributed by atoms with van der Waals surface area (Å²) in [6.45, 7) is 0. The van der Waals surface area contributed by atoms with Crippen molar-refractivity contribution in [1.82, 2.24) is 3.53 Å². The average Bonchev–Trinajstić information content (AvgIpc) is 2.08. The van der Waals surface area contributed by atoms with Crippen LogP contribution in [0.1, 0.15) is 25.7 Å². The fourth-order valence-electron chi connectivity index (χ4n) is 1.50. The Kier molecular flexibility index (Phi) is 5.24. The molecule has 14 heavy (non-hydrogen) atoms. The molecule has 0 bridgehead atoms. The fraction of sp³-hybridized carbons (Fsp3) is 0.667. The zero-order valence-corrected chi connectivity index (χ0v) is 9.94. The molecule has 2 N–H and O–H groups in total. The van der Waals surface area contributed by atoms with E-state index < -0.39 is 6.16 Å². The van der Waals surface area contributed by atoms with E-state index in [4.69, 9.17) is 9.84 Å². The number of halogens is 1. The molecule has 0 fully saturated rings. The molecule has 4 nitrogen and oxygen atoms in total. The SMILES string of the molecule is O=C(O)OC1/C=C/CC(NI)CCC1. The maximum Gasteiger partial charge on any atom is 0.506 e. The van der Waals surface area contributed by atoms with E-state index in [0.29, 0.717) is 6.04 Å². The largest absolute Gasteiger partial charge is 0.506 e. The lowest BCUT2D eigenvalue weighted by molar-refractivity contribution is 0.0646. The molecule has 0 saturated carbocycles. The molecular weight excluding hydrogens is 297 g/mol. The first-order chi connectivity index (χ1) is 6.72. The van der Waals surface area contributed by atoms with Gasteiger partial charge < -0.3 is 9.84 Å². The molecule has 0 spiro atoms. The molecule has 0 aliphatic heterocycles. The molecule has 0 amide bonds. The minimum atomic E-state index is -1.19. The molecule has 0 heterocycles. The highest BCUT2D eigenvalue weighted by molar-refractivity contribution is 14.1. The summed E-state index contributed by atoms with van der Waals surface area (Å²) in [5, 5.41) is 8.46. The third kappa shape index (κ3) is 4.28. The Hall–Kier alpha value is -0.300. The van der Waals surface area contributed by atoms with Crippen molar-refractivity contribution in [3.8, 4) is 0 Å². The first-order valence-corrected chi connectivity index (χ1v) is 5.72. The van der Waals surface area contributed by atoms with Crippen LogP contribution >= 0.6 is 22.9 Å². The Morgan fingerprint density at radius 1 is 1.57 bits per heavy atom. The Morgan fingerprint density at radius 3 is 3.00 bits per heavy atom. The van der Waals surface area contributed by atoms with E-state index in [1.807, 2.05) is 12.2 Å². The minimum absolute atomic E-state index is 0.261. The van der Waals surface area contributed by atoms with Crippen LogP contribution in [0.5, 0.6) is 0 Å². The molecule has 1 aliphatic rings. The van der Waals surface area contributed by atoms with Crippen molar-refractivity contribution in [2.45, 2.75) is 37.8 Å². The lowest BCUT2D eigenvalue weighted by Crippen LogP contribution is -2.23. The molecule has 5 heteroatoms. The van der Waals surface area contributed by atoms with E-state index in [-0.39, 0.29) is 6.10 Å². The van der Waals surface area contributed by atoms with Crippen molar-refractivity contribution in [2.75, 3.05) is 0 Å². The molecule has 0 aromatic rings. The summed E-state index contributed by atoms with van der Waals surface area (Å²) in [6.07, 6.45) is 6.14. The predicted molar refractivity (Wildman–Crippen MR) is 61.4 cm³/mol. The first kappa shape index (κ1) is 11.8. The highest BCUT2D eigenvalue weighted by atomic mass is 127. The Balaban J connectivity index is 2.42. The fourth-order valence-corrected chi connectivity index (χ4v) is 2.07. The first-order valence-electron chi connectivity index (χ1n) is 4.64. The molecule has 2 unspecified atom stereocenters. The Morgan fingerprint density at radius 2 is 2.36 bits per heavy atom. The second kappa shape index (κ2) is 6.23. The maximum atomic E-state index is 10.3. The zero-order valence-electron chi connectivity index (χ0n) is 7.78. The third-order valence-electron chi connectivity index (χ3n) is 2.22. The highest BCUT2D eigenvalue weighted by Gasteiger charge is 2.14. The molecular formula is C9H14INO3. The molecule has 1 aliphatic carbocycles. The molecule has 0 radical (unpaired) electrons. The topological polar surface area (TPSA) is 58.6 Å². The minimum Gasteiger partial charge on any atom is -0.450 e. The molecule has 80 valence electrons. The van der Waals surface area contributed by atoms with Crippen molar-refractivity contribution < 1.29 is 14.6 Å². The van der Waals surface area contributed by atoms with Crippen LogP contribution in [0.15, 0.2) is 12.2 Å². The van der Waals surface area contributed by atoms with Crippen molar-refractivity contribution in [3.63, 3.8) is 0 Å². The molecule has 0 saturated heterocycles. The van der Waals surface area contributed by atoms with E-state index in [1.165, 1.54) is 0 Å². The van der Waals surface area contributed by atoms with Gasteiger partial charge in [-0.05, 0) is 31.8 Å². The average molecular weight is 311 g/mol. The number of hydrogen-bond acceptors (Lipinski definition) is 3. The third-order valence-corrected chi connectivity index (χ3v) is 3.10. The van der Waals surface area contributed by atoms with Gasteiger partial charge in [0.2, 0.25) is 0 Å². The summed E-state index contributed by atoms with van der Waals surface area (Å²) in [5.74, 6) is 0. The van der Waals surface area contributed by atoms with Crippen LogP contribution in [0.4, 0.5) is 4.79 Å². The van der Waals surface area contributed by atoms with Gasteiger partial charge in [0.25, 0.3) is 0 Å². The van der Waals surface area contributed by atoms with Gasteiger partial charge >= 0.3 is 6.16 Å². The van der Waals surface area contributed by atoms with E-state index in [9.17, 15) is 4.79 Å². The van der Waals surface area contributed by atoms with E-state index in [1.54, 1.807) is 0 Å². The van der Waals surface area contributed by atoms with Crippen LogP contribution in [0.25, 0.3) is 0 Å². The van der Waals surface area contributed by atoms with Gasteiger partial charge in [-0.25, -0.2) is 4.79 Å². The highest BCUT2D eigenvalue weighted by Crippen LogP contribution is 2.15. The van der Waals surface area contributed by atoms with Crippen molar-refractivity contribution >= 4 is 29.0 Å². The lowest BCUT2D eigenvalue weighted by atomic mass is 10.0. The van der Waals surface area contributed by atoms with Gasteiger partial charge in [0.15, 0.2) is 0 Å². The number of rotatable bonds is 2. The van der Waals surface area contributed by atoms with Crippen molar-refractivity contribution in [2.24, 2.45) is 0 Å². The monoisotopic (exact) mass is 311 g/mol. The van der Waals surface area contributed by atoms with E-state index in [2.05, 4.69) is 26.4 Å². The molecule has 2 atom stereocenters. The van der Waals surface area contributed by atoms with Gasteiger partial charge in [0, 0.05) is 28.9 Å². The van der Waals surface area contributed by atoms with Gasteiger partial charge in [-0.2, -0.15) is 0 Å². The maximum absolute atomic E-state index is 10.3. The molecule has 0 aromatic carbocycles. The number of nitrogens with one attached hydrogen (secondary N) is 1. The summed E-state index contributed by atoms with van der Waals surface area (Å²) in [4.78, 5) is 10.3. The second-order valence-electron chi connectivity index (χ2n) is 3.32. The van der Waals surface area contributed by atoms with Gasteiger partial charge in [-0.15, -0.1) is 0 Å². The summed E-state index contributed by atoms with van der Waals surface area (Å²) < 4.78 is 7.89. The van der Waals surface area contributed by atoms with Crippen molar-refractivity contribution in [1.29, 1.82) is 0 Å². The van der Waals surface area contributed by atoms with Gasteiger partial charge in [0.05, 0.1) is 0 Å². The van der Waals surface area contributed by atoms with Crippen LogP contribution < -0.4 is 3.53 Å². The van der Waals surface area contributed by atoms with E-state index >= 15 is 0 Å². The van der Waals surface area contributed by atoms with Crippen LogP contribution in [0, 0.1) is 0 Å². The zero-order chi connectivity index (χ0) is 10.4. The lowest BCUT2D eigenvalue weighted by Gasteiger charge is -2.18. The smallest absolute Gasteiger partial charge is 0.450 e. The molecule has 1 rings (SSSR count). The van der Waals surface area contributed by atoms with Crippen LogP contribution in [-0.2, 0) is 4.74 Å². The van der Waals surface area contributed by atoms with Gasteiger partial charge in [-0.1, -0.05) is 6.08 Å². The summed E-state index contributed by atoms with van der Waals surface area (Å²) in [6, 6.07) is 0.498. The second-order valence-corrected chi connectivity index (χ2v) is 3.95. The van der Waals surface area contributed by atoms with Gasteiger partial charge in [0.1, 0.15) is 6.10 Å². The predicted octanol–water partition coefficient (Wildman–Crippen LogP) is 2.49. The van der Waals surface area contributed by atoms with Crippen molar-refractivity contribution in [3.05, 3.63) is 12.2 Å². The number of hydrogen-bond donors (Lipinski definition) is 2. The summed E-state index contributed by atoms with van der Waals surface area (Å²) in [5.41, 5.74) is 0. The normalized spacial score (nSPS) is 30.1. The van der Waals surface area contributed by atoms with Crippen LogP contribution in [-0.4, -0.2) is 23.4 Å². The Labute approximate surface area is 97.2 Å². The van der Waals surface area contributed by atoms with Crippen LogP contribution in [0.3, 0.4) is 0 Å². The van der Waals surface area contributed by atoms with Gasteiger partial charge in [-0.3, -0.25) is 3.53 Å². The van der Waals surface area contributed by atoms with E-state index in [0.717, 1.165) is 25.7 Å². The number of ether oxygens (including phenoxy) is 1. The van der Waals surface area contributed by atoms with Crippen LogP contribution in [0.2, 0.25) is 0 Å². The summed E-state index contributed by atoms with van der Waals surface area (Å²) in [7, 11) is 0. The standard InChI is InChI=1S/C9H14INO3/c10-11-7-3-1-5-8(6-2-4-7)14-9(12)13/h1,5,7-8,11H,2-4,6H2,(H,12,13)/b5-1+. The number of carbonyl (C=O) groups is 1. The Bertz CT molecular complexity index is 220.